The summed E-state index contributed by atoms with van der Waals surface area (Å²) in [6.45, 7) is -1.00. The number of benzene rings is 5. The molecule has 0 radical (unpaired) electrons. The highest BCUT2D eigenvalue weighted by atomic mass is 32.3. The minimum absolute atomic E-state index is 0.101. The topological polar surface area (TPSA) is 361 Å². The third-order valence-corrected chi connectivity index (χ3v) is 12.9. The summed E-state index contributed by atoms with van der Waals surface area (Å²) in [5.41, 5.74) is -1.85. The summed E-state index contributed by atoms with van der Waals surface area (Å²) in [5, 5.41) is 28.8. The van der Waals surface area contributed by atoms with Gasteiger partial charge in [0.05, 0.1) is 38.0 Å². The van der Waals surface area contributed by atoms with E-state index in [9.17, 15) is 60.9 Å². The number of azo groups is 2. The van der Waals surface area contributed by atoms with E-state index in [1.54, 1.807) is 0 Å². The van der Waals surface area contributed by atoms with Crippen LogP contribution < -0.4 is 14.8 Å². The lowest BCUT2D eigenvalue weighted by molar-refractivity contribution is 0.283. The van der Waals surface area contributed by atoms with Crippen molar-refractivity contribution >= 4 is 101 Å². The van der Waals surface area contributed by atoms with Gasteiger partial charge in [-0.1, -0.05) is 12.1 Å². The van der Waals surface area contributed by atoms with E-state index < -0.39 is 105 Å². The Labute approximate surface area is 335 Å². The standard InChI is InChI=1S/C31H29N5O18S5/c1-32-21-8-7-18-20(29(21)35-33-16-11-19-17(26(12-16)57(43,44)45)5-4-6-25(19)56(40,41)42)13-28(58(46,47)48)30(31(18)37)36-34-22-14-27(24(53-3)15-23(22)52-2)55(38,39)10-9-54-59(49,50)51/h4-8,11-15,32,37H,9-10H2,1-3H3,(H,40,41,42)(H,43,44,45)(H,46,47,48)(H,49,50,51)/b35-33+,36-34+. The molecule has 5 aromatic carbocycles. The van der Waals surface area contributed by atoms with E-state index in [4.69, 9.17) is 14.0 Å². The smallest absolute Gasteiger partial charge is 0.397 e. The van der Waals surface area contributed by atoms with Gasteiger partial charge in [-0.05, 0) is 42.5 Å². The molecule has 6 N–H and O–H groups in total. The molecule has 23 nitrogen and oxygen atoms in total. The van der Waals surface area contributed by atoms with E-state index in [0.717, 1.165) is 62.8 Å². The number of ether oxygens (including phenoxy) is 2. The zero-order valence-corrected chi connectivity index (χ0v) is 34.1. The van der Waals surface area contributed by atoms with Gasteiger partial charge in [0.15, 0.2) is 15.6 Å². The zero-order valence-electron chi connectivity index (χ0n) is 30.1. The van der Waals surface area contributed by atoms with Gasteiger partial charge in [0.1, 0.15) is 48.1 Å². The second-order valence-electron chi connectivity index (χ2n) is 11.7. The number of nitrogens with one attached hydrogen (secondary N) is 1. The first-order valence-electron chi connectivity index (χ1n) is 15.7. The van der Waals surface area contributed by atoms with Crippen molar-refractivity contribution in [3.63, 3.8) is 0 Å². The predicted molar refractivity (Wildman–Crippen MR) is 206 cm³/mol. The van der Waals surface area contributed by atoms with Gasteiger partial charge in [-0.3, -0.25) is 18.2 Å². The van der Waals surface area contributed by atoms with Crippen LogP contribution in [0.25, 0.3) is 21.5 Å². The second-order valence-corrected chi connectivity index (χ2v) is 19.1. The lowest BCUT2D eigenvalue weighted by Gasteiger charge is -2.14. The van der Waals surface area contributed by atoms with E-state index in [-0.39, 0.29) is 44.4 Å². The third-order valence-electron chi connectivity index (χ3n) is 8.12. The number of rotatable bonds is 15. The Balaban J connectivity index is 1.71. The number of methoxy groups -OCH3 is 2. The van der Waals surface area contributed by atoms with E-state index in [2.05, 4.69) is 30.0 Å². The molecule has 0 unspecified atom stereocenters. The summed E-state index contributed by atoms with van der Waals surface area (Å²) in [6, 6.07) is 10.4. The Bertz CT molecular complexity index is 3170. The maximum atomic E-state index is 13.1. The largest absolute Gasteiger partial charge is 0.505 e. The van der Waals surface area contributed by atoms with Crippen LogP contribution in [0.15, 0.2) is 101 Å². The van der Waals surface area contributed by atoms with Crippen molar-refractivity contribution in [2.24, 2.45) is 20.5 Å². The van der Waals surface area contributed by atoms with Crippen LogP contribution in [0.4, 0.5) is 28.4 Å². The van der Waals surface area contributed by atoms with Crippen molar-refractivity contribution in [3.05, 3.63) is 60.7 Å². The molecule has 59 heavy (non-hydrogen) atoms. The summed E-state index contributed by atoms with van der Waals surface area (Å²) >= 11 is 0. The van der Waals surface area contributed by atoms with Gasteiger partial charge in [-0.25, -0.2) is 12.6 Å². The molecule has 0 aliphatic heterocycles. The van der Waals surface area contributed by atoms with Crippen LogP contribution in [-0.2, 0) is 54.8 Å². The fraction of sp³-hybridized carbons (Fsp3) is 0.161. The van der Waals surface area contributed by atoms with E-state index in [1.165, 1.54) is 19.2 Å². The van der Waals surface area contributed by atoms with Crippen molar-refractivity contribution in [3.8, 4) is 17.2 Å². The quantitative estimate of drug-likeness (QED) is 0.0599. The molecule has 0 spiro atoms. The molecular formula is C31H29N5O18S5. The van der Waals surface area contributed by atoms with Crippen LogP contribution in [0.2, 0.25) is 0 Å². The molecule has 5 aromatic rings. The number of phenols is 1. The second kappa shape index (κ2) is 16.3. The van der Waals surface area contributed by atoms with E-state index >= 15 is 0 Å². The van der Waals surface area contributed by atoms with Gasteiger partial charge in [0.2, 0.25) is 0 Å². The molecule has 0 heterocycles. The summed E-state index contributed by atoms with van der Waals surface area (Å²) in [4.78, 5) is -3.23. The lowest BCUT2D eigenvalue weighted by Crippen LogP contribution is -2.16. The van der Waals surface area contributed by atoms with E-state index in [1.807, 2.05) is 0 Å². The normalized spacial score (nSPS) is 13.1. The number of phenolic OH excluding ortho intramolecular Hbond substituents is 1. The van der Waals surface area contributed by atoms with Crippen LogP contribution in [-0.4, -0.2) is 99.0 Å². The maximum absolute atomic E-state index is 13.1. The minimum atomic E-state index is -5.31. The first-order chi connectivity index (χ1) is 27.3. The van der Waals surface area contributed by atoms with Crippen LogP contribution >= 0.6 is 0 Å². The fourth-order valence-electron chi connectivity index (χ4n) is 5.56. The molecule has 0 amide bonds. The Morgan fingerprint density at radius 2 is 1.22 bits per heavy atom. The van der Waals surface area contributed by atoms with Gasteiger partial charge in [0, 0.05) is 34.7 Å². The zero-order chi connectivity index (χ0) is 43.9. The molecule has 5 rings (SSSR count). The number of hydrogen-bond donors (Lipinski definition) is 6. The Hall–Kier alpha value is -5.43. The molecule has 0 fully saturated rings. The summed E-state index contributed by atoms with van der Waals surface area (Å²) < 4.78 is 176. The van der Waals surface area contributed by atoms with Gasteiger partial charge in [-0.2, -0.15) is 38.8 Å². The first kappa shape index (κ1) is 44.7. The number of aromatic hydroxyl groups is 1. The van der Waals surface area contributed by atoms with Gasteiger partial charge in [0.25, 0.3) is 30.4 Å². The maximum Gasteiger partial charge on any atom is 0.397 e. The highest BCUT2D eigenvalue weighted by Gasteiger charge is 2.27. The minimum Gasteiger partial charge on any atom is -0.505 e. The van der Waals surface area contributed by atoms with Crippen LogP contribution in [0, 0.1) is 0 Å². The van der Waals surface area contributed by atoms with Crippen LogP contribution in [0.3, 0.4) is 0 Å². The molecular weight excluding hydrogens is 891 g/mol. The third kappa shape index (κ3) is 9.73. The molecule has 0 atom stereocenters. The summed E-state index contributed by atoms with van der Waals surface area (Å²) in [5.74, 6) is -2.45. The molecule has 0 saturated heterocycles. The predicted octanol–water partition coefficient (Wildman–Crippen LogP) is 4.92. The molecule has 0 saturated carbocycles. The Morgan fingerprint density at radius 1 is 0.593 bits per heavy atom. The average molecular weight is 920 g/mol. The van der Waals surface area contributed by atoms with Crippen LogP contribution in [0.1, 0.15) is 0 Å². The monoisotopic (exact) mass is 919 g/mol. The van der Waals surface area contributed by atoms with Crippen LogP contribution in [0.5, 0.6) is 17.2 Å². The summed E-state index contributed by atoms with van der Waals surface area (Å²) in [6.07, 6.45) is 0. The SMILES string of the molecule is CNc1ccc2c(O)c(/N=N/c3cc(S(=O)(=O)CCOS(=O)(=O)O)c(OC)cc3OC)c(S(=O)(=O)O)cc2c1/N=N/c1cc(S(=O)(=O)O)c2cccc(S(=O)(=O)O)c2c1. The van der Waals surface area contributed by atoms with Crippen molar-refractivity contribution < 1.29 is 79.1 Å². The number of nitrogens with zero attached hydrogens (tertiary/aromatic N) is 4. The van der Waals surface area contributed by atoms with Crippen molar-refractivity contribution in [1.29, 1.82) is 0 Å². The van der Waals surface area contributed by atoms with E-state index in [0.29, 0.717) is 0 Å². The van der Waals surface area contributed by atoms with Crippen molar-refractivity contribution in [1.82, 2.24) is 0 Å². The van der Waals surface area contributed by atoms with Gasteiger partial charge in [-0.15, -0.1) is 15.3 Å². The molecule has 0 bridgehead atoms. The molecule has 0 aliphatic carbocycles. The fourth-order valence-corrected chi connectivity index (χ4v) is 9.29. The number of anilines is 1. The van der Waals surface area contributed by atoms with Crippen molar-refractivity contribution in [2.75, 3.05) is 38.9 Å². The van der Waals surface area contributed by atoms with Gasteiger partial charge < -0.3 is 19.9 Å². The molecule has 28 heteroatoms. The summed E-state index contributed by atoms with van der Waals surface area (Å²) in [7, 11) is -21.1. The highest BCUT2D eigenvalue weighted by molar-refractivity contribution is 7.91. The lowest BCUT2D eigenvalue weighted by atomic mass is 10.1. The molecule has 0 aliphatic rings. The number of sulfone groups is 1. The van der Waals surface area contributed by atoms with Gasteiger partial charge >= 0.3 is 10.4 Å². The Kier molecular flexibility index (Phi) is 12.4. The number of hydrogen-bond acceptors (Lipinski definition) is 19. The molecule has 316 valence electrons. The Morgan fingerprint density at radius 3 is 1.80 bits per heavy atom. The molecule has 0 aromatic heterocycles. The average Bonchev–Trinajstić information content (AvgIpc) is 3.13. The number of fused-ring (bicyclic) bond motifs is 2. The highest BCUT2D eigenvalue weighted by Crippen LogP contribution is 2.47. The first-order valence-corrected chi connectivity index (χ1v) is 23.1. The van der Waals surface area contributed by atoms with Crippen molar-refractivity contribution in [2.45, 2.75) is 19.6 Å².